The molecule has 0 N–H and O–H groups in total. The molecule has 0 bridgehead atoms. The van der Waals surface area contributed by atoms with Crippen LogP contribution < -0.4 is 0 Å². The summed E-state index contributed by atoms with van der Waals surface area (Å²) in [6.07, 6.45) is 2.01. The Balaban J connectivity index is 2.43. The lowest BCUT2D eigenvalue weighted by Gasteiger charge is -2.26. The quantitative estimate of drug-likeness (QED) is 0.416. The van der Waals surface area contributed by atoms with Gasteiger partial charge in [-0.15, -0.1) is 0 Å². The predicted octanol–water partition coefficient (Wildman–Crippen LogP) is 5.77. The van der Waals surface area contributed by atoms with Gasteiger partial charge in [0.05, 0.1) is 19.1 Å². The minimum Gasteiger partial charge on any atom is -0.774 e. The summed E-state index contributed by atoms with van der Waals surface area (Å²) in [5, 5.41) is 0. The summed E-state index contributed by atoms with van der Waals surface area (Å²) in [4.78, 5) is 0. The highest BCUT2D eigenvalue weighted by atomic mass is 80.0. The van der Waals surface area contributed by atoms with E-state index in [1.54, 1.807) is 0 Å². The molecule has 18 heavy (non-hydrogen) atoms. The molecule has 1 unspecified atom stereocenters. The van der Waals surface area contributed by atoms with E-state index in [1.807, 2.05) is 0 Å². The van der Waals surface area contributed by atoms with Gasteiger partial charge in [0.25, 0.3) is 0 Å². The molecule has 1 nitrogen and oxygen atoms in total. The summed E-state index contributed by atoms with van der Waals surface area (Å²) < 4.78 is 6.09. The summed E-state index contributed by atoms with van der Waals surface area (Å²) >= 11 is 10.7. The first-order valence-corrected chi connectivity index (χ1v) is 15.9. The van der Waals surface area contributed by atoms with Crippen LogP contribution in [0.3, 0.4) is 0 Å². The predicted molar refractivity (Wildman–Crippen MR) is 90.0 cm³/mol. The fraction of sp³-hybridized carbons (Fsp3) is 0.308. The second kappa shape index (κ2) is 5.93. The Morgan fingerprint density at radius 1 is 1.28 bits per heavy atom. The zero-order valence-corrected chi connectivity index (χ0v) is 16.0. The van der Waals surface area contributed by atoms with E-state index in [0.717, 1.165) is 18.6 Å². The van der Waals surface area contributed by atoms with Gasteiger partial charge in [-0.05, 0) is 24.5 Å². The van der Waals surface area contributed by atoms with Gasteiger partial charge < -0.3 is 45.9 Å². The molecule has 0 saturated heterocycles. The lowest BCUT2D eigenvalue weighted by Crippen LogP contribution is -2.12. The van der Waals surface area contributed by atoms with Crippen molar-refractivity contribution in [1.29, 1.82) is 0 Å². The third-order valence-electron chi connectivity index (χ3n) is 3.21. The largest absolute Gasteiger partial charge is 0.774 e. The highest BCUT2D eigenvalue weighted by Gasteiger charge is 2.33. The van der Waals surface area contributed by atoms with Crippen LogP contribution in [0.2, 0.25) is 0 Å². The van der Waals surface area contributed by atoms with E-state index < -0.39 is 7.93 Å². The maximum Gasteiger partial charge on any atom is 0.615 e. The van der Waals surface area contributed by atoms with Gasteiger partial charge in [0.15, 0.2) is 0 Å². The summed E-state index contributed by atoms with van der Waals surface area (Å²) in [7, 11) is -2.40. The van der Waals surface area contributed by atoms with Crippen LogP contribution >= 0.6 is 42.2 Å². The van der Waals surface area contributed by atoms with Crippen molar-refractivity contribution in [3.05, 3.63) is 47.9 Å². The van der Waals surface area contributed by atoms with Gasteiger partial charge >= 0.3 is 7.93 Å². The molecule has 0 saturated carbocycles. The Bertz CT molecular complexity index is 479. The highest BCUT2D eigenvalue weighted by molar-refractivity contribution is 9.71. The van der Waals surface area contributed by atoms with Crippen molar-refractivity contribution in [1.82, 2.24) is 0 Å². The lowest BCUT2D eigenvalue weighted by molar-refractivity contribution is 0.554. The van der Waals surface area contributed by atoms with Crippen LogP contribution in [0.4, 0.5) is 0 Å². The van der Waals surface area contributed by atoms with Crippen LogP contribution in [-0.4, -0.2) is 7.93 Å². The van der Waals surface area contributed by atoms with Crippen LogP contribution in [-0.2, 0) is 3.79 Å². The average molecular weight is 453 g/mol. The number of hydrogen-bond donors (Lipinski definition) is 0. The molecule has 96 valence electrons. The molecular formula is C13H14AlBr3O. The molecule has 2 rings (SSSR count). The molecule has 0 heterocycles. The van der Waals surface area contributed by atoms with Crippen molar-refractivity contribution in [2.75, 3.05) is 0 Å². The van der Waals surface area contributed by atoms with E-state index in [0.29, 0.717) is 5.92 Å². The molecule has 0 aliphatic heterocycles. The molecule has 1 aliphatic rings. The van der Waals surface area contributed by atoms with E-state index in [2.05, 4.69) is 80.3 Å². The van der Waals surface area contributed by atoms with E-state index in [1.165, 1.54) is 16.7 Å². The van der Waals surface area contributed by atoms with Gasteiger partial charge in [0, 0.05) is 11.5 Å². The maximum absolute atomic E-state index is 6.09. The van der Waals surface area contributed by atoms with Crippen LogP contribution in [0.15, 0.2) is 29.8 Å². The Morgan fingerprint density at radius 3 is 2.56 bits per heavy atom. The molecule has 1 aliphatic carbocycles. The van der Waals surface area contributed by atoms with Crippen molar-refractivity contribution >= 4 is 55.8 Å². The molecule has 0 aromatic heterocycles. The summed E-state index contributed by atoms with van der Waals surface area (Å²) in [5.74, 6) is 1.46. The van der Waals surface area contributed by atoms with Gasteiger partial charge in [0.2, 0.25) is 0 Å². The minimum atomic E-state index is -2.40. The third-order valence-corrected chi connectivity index (χ3v) is 5.39. The molecule has 0 radical (unpaired) electrons. The highest BCUT2D eigenvalue weighted by Crippen LogP contribution is 2.47. The third kappa shape index (κ3) is 3.19. The van der Waals surface area contributed by atoms with Crippen LogP contribution in [0.5, 0.6) is 0 Å². The monoisotopic (exact) mass is 450 g/mol. The normalized spacial score (nSPS) is 19.0. The zero-order valence-electron chi connectivity index (χ0n) is 10.1. The molecule has 0 amide bonds. The van der Waals surface area contributed by atoms with Crippen molar-refractivity contribution < 1.29 is 3.79 Å². The summed E-state index contributed by atoms with van der Waals surface area (Å²) in [5.41, 5.74) is 3.89. The van der Waals surface area contributed by atoms with Crippen molar-refractivity contribution in [2.45, 2.75) is 25.7 Å². The number of rotatable bonds is 4. The standard InChI is InChI=1S/C13H14O.Al.3BrH/c1-3-6-10-9(2)13(14)12-8-5-4-7-11(10)12;;;;/h4-5,7-8,10H,1,3,6H2,2H3;;3*1H/q;+3;;;/p-3. The number of benzene rings is 1. The number of halogens is 3. The van der Waals surface area contributed by atoms with Crippen LogP contribution in [0.1, 0.15) is 36.8 Å². The van der Waals surface area contributed by atoms with Gasteiger partial charge in [0.1, 0.15) is 0 Å². The second-order valence-electron chi connectivity index (χ2n) is 4.43. The zero-order chi connectivity index (χ0) is 13.3. The Labute approximate surface area is 132 Å². The molecular weight excluding hydrogens is 439 g/mol. The Morgan fingerprint density at radius 2 is 1.94 bits per heavy atom. The lowest BCUT2D eigenvalue weighted by atomic mass is 9.92. The van der Waals surface area contributed by atoms with Crippen LogP contribution in [0.25, 0.3) is 5.76 Å². The van der Waals surface area contributed by atoms with Crippen molar-refractivity contribution in [2.24, 2.45) is 0 Å². The topological polar surface area (TPSA) is 9.23 Å². The maximum atomic E-state index is 6.09. The van der Waals surface area contributed by atoms with Crippen molar-refractivity contribution in [3.63, 3.8) is 0 Å². The van der Waals surface area contributed by atoms with Crippen LogP contribution in [0, 0.1) is 6.92 Å². The van der Waals surface area contributed by atoms with E-state index in [-0.39, 0.29) is 0 Å². The van der Waals surface area contributed by atoms with Gasteiger partial charge in [-0.25, -0.2) is 0 Å². The summed E-state index contributed by atoms with van der Waals surface area (Å²) in [6.45, 7) is 6.14. The average Bonchev–Trinajstić information content (AvgIpc) is 2.54. The molecule has 1 atom stereocenters. The number of allylic oxidation sites excluding steroid dienone is 1. The van der Waals surface area contributed by atoms with Crippen molar-refractivity contribution in [3.8, 4) is 0 Å². The molecule has 0 spiro atoms. The summed E-state index contributed by atoms with van der Waals surface area (Å²) in [6, 6.07) is 8.48. The smallest absolute Gasteiger partial charge is 0.615 e. The molecule has 0 fully saturated rings. The number of fused-ring (bicyclic) bond motifs is 1. The number of hydrogen-bond acceptors (Lipinski definition) is 1. The first-order valence-electron chi connectivity index (χ1n) is 5.91. The molecule has 5 heteroatoms. The first kappa shape index (κ1) is 15.0. The minimum absolute atomic E-state index is 0.447. The second-order valence-corrected chi connectivity index (χ2v) is 28.4. The SMILES string of the molecule is [CH2+]CCC1C(C)=C([O][Al-]([Br])([Br])[Br])c2ccccc21. The Hall–Kier alpha value is 0.602. The van der Waals surface area contributed by atoms with Gasteiger partial charge in [-0.3, -0.25) is 0 Å². The molecule has 1 aromatic rings. The van der Waals surface area contributed by atoms with E-state index in [4.69, 9.17) is 3.79 Å². The Kier molecular flexibility index (Phi) is 4.94. The van der Waals surface area contributed by atoms with Gasteiger partial charge in [-0.2, -0.15) is 0 Å². The molecule has 1 aromatic carbocycles. The van der Waals surface area contributed by atoms with E-state index in [9.17, 15) is 0 Å². The van der Waals surface area contributed by atoms with E-state index >= 15 is 0 Å². The first-order chi connectivity index (χ1) is 8.44. The fourth-order valence-corrected chi connectivity index (χ4v) is 4.74. The fourth-order valence-electron chi connectivity index (χ4n) is 2.48. The van der Waals surface area contributed by atoms with Gasteiger partial charge in [-0.1, -0.05) is 24.3 Å².